The number of aryl methyl sites for hydroxylation is 1. The van der Waals surface area contributed by atoms with Crippen LogP contribution in [0.1, 0.15) is 16.7 Å². The van der Waals surface area contributed by atoms with Gasteiger partial charge in [0.25, 0.3) is 11.8 Å². The summed E-state index contributed by atoms with van der Waals surface area (Å²) in [7, 11) is 0. The van der Waals surface area contributed by atoms with Crippen molar-refractivity contribution in [1.82, 2.24) is 5.32 Å². The Labute approximate surface area is 226 Å². The van der Waals surface area contributed by atoms with E-state index in [0.717, 1.165) is 24.1 Å². The summed E-state index contributed by atoms with van der Waals surface area (Å²) >= 11 is 9.14. The van der Waals surface area contributed by atoms with Gasteiger partial charge < -0.3 is 4.74 Å². The van der Waals surface area contributed by atoms with E-state index in [4.69, 9.17) is 4.74 Å². The van der Waals surface area contributed by atoms with Crippen molar-refractivity contribution < 1.29 is 19.1 Å². The third kappa shape index (κ3) is 5.42. The second-order valence-corrected chi connectivity index (χ2v) is 10.5. The van der Waals surface area contributed by atoms with Crippen molar-refractivity contribution in [2.45, 2.75) is 13.5 Å². The molecule has 4 amide bonds. The van der Waals surface area contributed by atoms with Crippen LogP contribution in [0.4, 0.5) is 10.5 Å². The van der Waals surface area contributed by atoms with Gasteiger partial charge in [-0.3, -0.25) is 14.9 Å². The number of barbiturate groups is 1. The highest BCUT2D eigenvalue weighted by atomic mass is 127. The predicted molar refractivity (Wildman–Crippen MR) is 146 cm³/mol. The number of benzene rings is 3. The van der Waals surface area contributed by atoms with Gasteiger partial charge in [-0.1, -0.05) is 34.1 Å². The summed E-state index contributed by atoms with van der Waals surface area (Å²) < 4.78 is 8.56. The van der Waals surface area contributed by atoms with Crippen LogP contribution in [-0.2, 0) is 16.2 Å². The average Bonchev–Trinajstić information content (AvgIpc) is 2.79. The zero-order chi connectivity index (χ0) is 24.4. The molecule has 1 heterocycles. The van der Waals surface area contributed by atoms with Crippen LogP contribution < -0.4 is 15.0 Å². The van der Waals surface area contributed by atoms with Gasteiger partial charge in [-0.25, -0.2) is 9.69 Å². The first-order chi connectivity index (χ1) is 16.2. The molecule has 1 saturated heterocycles. The molecule has 0 bridgehead atoms. The molecule has 3 aromatic rings. The Morgan fingerprint density at radius 3 is 2.38 bits per heavy atom. The molecule has 0 saturated carbocycles. The smallest absolute Gasteiger partial charge is 0.335 e. The molecule has 1 fully saturated rings. The van der Waals surface area contributed by atoms with Gasteiger partial charge in [0.2, 0.25) is 0 Å². The molecule has 1 N–H and O–H groups in total. The summed E-state index contributed by atoms with van der Waals surface area (Å²) in [6.45, 7) is 2.25. The van der Waals surface area contributed by atoms with Crippen molar-refractivity contribution in [3.05, 3.63) is 95.4 Å². The van der Waals surface area contributed by atoms with E-state index in [-0.39, 0.29) is 5.57 Å². The molecule has 1 aliphatic rings. The van der Waals surface area contributed by atoms with Gasteiger partial charge in [0, 0.05) is 8.04 Å². The lowest BCUT2D eigenvalue weighted by molar-refractivity contribution is -0.122. The first-order valence-corrected chi connectivity index (χ1v) is 12.7. The quantitative estimate of drug-likeness (QED) is 0.191. The highest BCUT2D eigenvalue weighted by Gasteiger charge is 2.36. The van der Waals surface area contributed by atoms with E-state index in [1.807, 2.05) is 31.2 Å². The maximum atomic E-state index is 13.1. The van der Waals surface area contributed by atoms with Gasteiger partial charge >= 0.3 is 6.03 Å². The van der Waals surface area contributed by atoms with Crippen molar-refractivity contribution in [1.29, 1.82) is 0 Å². The fourth-order valence-electron chi connectivity index (χ4n) is 3.29. The molecule has 172 valence electrons. The zero-order valence-electron chi connectivity index (χ0n) is 17.8. The lowest BCUT2D eigenvalue weighted by atomic mass is 10.1. The number of imide groups is 2. The summed E-state index contributed by atoms with van der Waals surface area (Å²) in [4.78, 5) is 39.0. The largest absolute Gasteiger partial charge is 0.488 e. The lowest BCUT2D eigenvalue weighted by Crippen LogP contribution is -2.54. The summed E-state index contributed by atoms with van der Waals surface area (Å²) in [5.41, 5.74) is 2.73. The minimum Gasteiger partial charge on any atom is -0.488 e. The van der Waals surface area contributed by atoms with Gasteiger partial charge in [0.05, 0.1) is 10.2 Å². The number of nitrogens with one attached hydrogen (secondary N) is 1. The molecule has 4 rings (SSSR count). The maximum absolute atomic E-state index is 13.1. The topological polar surface area (TPSA) is 75.7 Å². The Balaban J connectivity index is 1.56. The minimum absolute atomic E-state index is 0.139. The van der Waals surface area contributed by atoms with Crippen LogP contribution in [0.2, 0.25) is 0 Å². The number of carbonyl (C=O) groups is 3. The third-order valence-electron chi connectivity index (χ3n) is 5.08. The maximum Gasteiger partial charge on any atom is 0.335 e. The average molecular weight is 696 g/mol. The van der Waals surface area contributed by atoms with E-state index in [9.17, 15) is 14.4 Å². The van der Waals surface area contributed by atoms with Crippen LogP contribution in [0.15, 0.2) is 75.2 Å². The van der Waals surface area contributed by atoms with Gasteiger partial charge in [-0.2, -0.15) is 0 Å². The monoisotopic (exact) mass is 694 g/mol. The van der Waals surface area contributed by atoms with Crippen molar-refractivity contribution in [3.8, 4) is 5.75 Å². The Morgan fingerprint density at radius 2 is 1.71 bits per heavy atom. The molecule has 6 nitrogen and oxygen atoms in total. The second kappa shape index (κ2) is 10.4. The minimum atomic E-state index is -0.783. The number of ether oxygens (including phenoxy) is 1. The number of amides is 4. The van der Waals surface area contributed by atoms with Crippen LogP contribution in [0, 0.1) is 10.5 Å². The Kier molecular flexibility index (Phi) is 7.54. The summed E-state index contributed by atoms with van der Waals surface area (Å²) in [5.74, 6) is -0.803. The number of hydrogen-bond donors (Lipinski definition) is 1. The summed E-state index contributed by atoms with van der Waals surface area (Å²) in [6.07, 6.45) is 1.45. The Hall–Kier alpha value is -2.50. The number of hydrogen-bond acceptors (Lipinski definition) is 4. The van der Waals surface area contributed by atoms with Crippen molar-refractivity contribution >= 4 is 84.1 Å². The fourth-order valence-corrected chi connectivity index (χ4v) is 4.41. The van der Waals surface area contributed by atoms with Crippen LogP contribution >= 0.6 is 54.5 Å². The number of rotatable bonds is 5. The van der Waals surface area contributed by atoms with Gasteiger partial charge in [0.1, 0.15) is 17.9 Å². The van der Waals surface area contributed by atoms with Gasteiger partial charge in [-0.05, 0) is 111 Å². The van der Waals surface area contributed by atoms with E-state index in [1.54, 1.807) is 36.4 Å². The van der Waals surface area contributed by atoms with Crippen LogP contribution in [0.5, 0.6) is 5.75 Å². The highest BCUT2D eigenvalue weighted by Crippen LogP contribution is 2.30. The molecule has 0 atom stereocenters. The molecule has 34 heavy (non-hydrogen) atoms. The number of carbonyl (C=O) groups excluding carboxylic acids is 3. The molecule has 3 aromatic carbocycles. The molecule has 0 aromatic heterocycles. The number of nitrogens with zero attached hydrogens (tertiary/aromatic N) is 1. The number of anilines is 1. The van der Waals surface area contributed by atoms with E-state index in [0.29, 0.717) is 28.1 Å². The number of urea groups is 1. The lowest BCUT2D eigenvalue weighted by Gasteiger charge is -2.26. The predicted octanol–water partition coefficient (Wildman–Crippen LogP) is 6.37. The third-order valence-corrected chi connectivity index (χ3v) is 7.30. The van der Waals surface area contributed by atoms with E-state index < -0.39 is 17.8 Å². The molecule has 0 radical (unpaired) electrons. The fraction of sp³-hybridized carbons (Fsp3) is 0.0800. The van der Waals surface area contributed by atoms with Gasteiger partial charge in [-0.15, -0.1) is 0 Å². The molecule has 9 heteroatoms. The van der Waals surface area contributed by atoms with E-state index >= 15 is 0 Å². The van der Waals surface area contributed by atoms with E-state index in [2.05, 4.69) is 59.8 Å². The molecular formula is C25H17Br2IN2O4. The van der Waals surface area contributed by atoms with Gasteiger partial charge in [0.15, 0.2) is 0 Å². The zero-order valence-corrected chi connectivity index (χ0v) is 23.1. The first kappa shape index (κ1) is 24.6. The normalized spacial score (nSPS) is 15.0. The molecule has 0 aliphatic carbocycles. The number of halogens is 3. The SMILES string of the molecule is Cc1cc(N2C(=O)NC(=O)/C(=C\c3ccc(OCc4ccc(I)cc4)c(Br)c3)C2=O)ccc1Br. The van der Waals surface area contributed by atoms with Crippen LogP contribution in [0.3, 0.4) is 0 Å². The van der Waals surface area contributed by atoms with Crippen molar-refractivity contribution in [3.63, 3.8) is 0 Å². The summed E-state index contributed by atoms with van der Waals surface area (Å²) in [6, 6.07) is 17.6. The standard InChI is InChI=1S/C25H17Br2IN2O4/c1-14-10-18(7-8-20(14)26)30-24(32)19(23(31)29-25(30)33)11-16-4-9-22(21(27)12-16)34-13-15-2-5-17(28)6-3-15/h2-12H,13H2,1H3,(H,29,31,33)/b19-11+. The molecule has 0 spiro atoms. The highest BCUT2D eigenvalue weighted by molar-refractivity contribution is 14.1. The molecule has 0 unspecified atom stereocenters. The van der Waals surface area contributed by atoms with Crippen molar-refractivity contribution in [2.24, 2.45) is 0 Å². The first-order valence-electron chi connectivity index (χ1n) is 10.1. The second-order valence-electron chi connectivity index (χ2n) is 7.50. The van der Waals surface area contributed by atoms with Crippen LogP contribution in [-0.4, -0.2) is 17.8 Å². The summed E-state index contributed by atoms with van der Waals surface area (Å²) in [5, 5.41) is 2.24. The van der Waals surface area contributed by atoms with Crippen molar-refractivity contribution in [2.75, 3.05) is 4.90 Å². The molecular weight excluding hydrogens is 679 g/mol. The van der Waals surface area contributed by atoms with E-state index in [1.165, 1.54) is 6.08 Å². The molecule has 1 aliphatic heterocycles. The van der Waals surface area contributed by atoms with Crippen LogP contribution in [0.25, 0.3) is 6.08 Å². The Bertz CT molecular complexity index is 1340. The Morgan fingerprint density at radius 1 is 0.971 bits per heavy atom.